The summed E-state index contributed by atoms with van der Waals surface area (Å²) in [5.41, 5.74) is 4.32. The zero-order valence-electron chi connectivity index (χ0n) is 11.4. The van der Waals surface area contributed by atoms with E-state index in [0.29, 0.717) is 6.42 Å². The van der Waals surface area contributed by atoms with Crippen LogP contribution in [0.3, 0.4) is 0 Å². The average molecular weight is 315 g/mol. The highest BCUT2D eigenvalue weighted by molar-refractivity contribution is 6.32. The molecule has 8 nitrogen and oxygen atoms in total. The molecular formula is C12H15ClN4O4. The fourth-order valence-corrected chi connectivity index (χ4v) is 1.96. The van der Waals surface area contributed by atoms with Crippen LogP contribution < -0.4 is 5.73 Å². The quantitative estimate of drug-likeness (QED) is 0.463. The van der Waals surface area contributed by atoms with Crippen molar-refractivity contribution in [2.24, 2.45) is 5.73 Å². The molecule has 21 heavy (non-hydrogen) atoms. The highest BCUT2D eigenvalue weighted by Crippen LogP contribution is 2.27. The minimum absolute atomic E-state index is 0.211. The predicted molar refractivity (Wildman–Crippen MR) is 75.9 cm³/mol. The fraction of sp³-hybridized carbons (Fsp3) is 0.417. The number of nitro groups is 1. The largest absolute Gasteiger partial charge is 0.368 e. The van der Waals surface area contributed by atoms with Gasteiger partial charge in [-0.2, -0.15) is 0 Å². The molecule has 1 rings (SSSR count). The SMILES string of the molecule is CCCCN(CC(N)=O)C(=O)c1ccnc(Cl)c1[N+](=O)[O-]. The number of nitrogens with two attached hydrogens (primary N) is 1. The molecule has 0 unspecified atom stereocenters. The maximum absolute atomic E-state index is 12.4. The number of hydrogen-bond acceptors (Lipinski definition) is 5. The first-order valence-corrected chi connectivity index (χ1v) is 6.62. The maximum atomic E-state index is 12.4. The summed E-state index contributed by atoms with van der Waals surface area (Å²) in [5.74, 6) is -1.36. The minimum atomic E-state index is -0.773. The van der Waals surface area contributed by atoms with Crippen LogP contribution >= 0.6 is 11.6 Å². The van der Waals surface area contributed by atoms with Crippen LogP contribution in [0.25, 0.3) is 0 Å². The molecule has 1 heterocycles. The molecule has 0 aliphatic heterocycles. The summed E-state index contributed by atoms with van der Waals surface area (Å²) in [6, 6.07) is 1.20. The van der Waals surface area contributed by atoms with Crippen LogP contribution in [0.4, 0.5) is 5.69 Å². The van der Waals surface area contributed by atoms with Crippen molar-refractivity contribution in [2.75, 3.05) is 13.1 Å². The first-order chi connectivity index (χ1) is 9.88. The summed E-state index contributed by atoms with van der Waals surface area (Å²) in [6.07, 6.45) is 2.64. The molecule has 2 amide bonds. The number of primary amides is 1. The minimum Gasteiger partial charge on any atom is -0.368 e. The molecule has 0 aromatic carbocycles. The molecule has 0 aliphatic rings. The normalized spacial score (nSPS) is 10.2. The highest BCUT2D eigenvalue weighted by Gasteiger charge is 2.28. The molecule has 0 saturated carbocycles. The van der Waals surface area contributed by atoms with Crippen molar-refractivity contribution in [1.29, 1.82) is 0 Å². The fourth-order valence-electron chi connectivity index (χ4n) is 1.73. The van der Waals surface area contributed by atoms with Gasteiger partial charge in [-0.15, -0.1) is 0 Å². The zero-order chi connectivity index (χ0) is 16.0. The maximum Gasteiger partial charge on any atom is 0.319 e. The van der Waals surface area contributed by atoms with E-state index >= 15 is 0 Å². The first-order valence-electron chi connectivity index (χ1n) is 6.25. The highest BCUT2D eigenvalue weighted by atomic mass is 35.5. The van der Waals surface area contributed by atoms with Gasteiger partial charge < -0.3 is 10.6 Å². The zero-order valence-corrected chi connectivity index (χ0v) is 12.2. The number of rotatable bonds is 7. The molecule has 0 fully saturated rings. The lowest BCUT2D eigenvalue weighted by atomic mass is 10.2. The third-order valence-corrected chi connectivity index (χ3v) is 2.98. The van der Waals surface area contributed by atoms with Crippen molar-refractivity contribution in [3.05, 3.63) is 33.1 Å². The molecule has 1 aromatic heterocycles. The van der Waals surface area contributed by atoms with Crippen molar-refractivity contribution in [3.63, 3.8) is 0 Å². The van der Waals surface area contributed by atoms with Gasteiger partial charge in [0, 0.05) is 12.7 Å². The van der Waals surface area contributed by atoms with Crippen LogP contribution in [0, 0.1) is 10.1 Å². The third kappa shape index (κ3) is 4.38. The van der Waals surface area contributed by atoms with Crippen molar-refractivity contribution in [3.8, 4) is 0 Å². The molecule has 0 saturated heterocycles. The first kappa shape index (κ1) is 16.8. The summed E-state index contributed by atoms with van der Waals surface area (Å²) >= 11 is 5.67. The number of nitrogens with zero attached hydrogens (tertiary/aromatic N) is 3. The number of halogens is 1. The second-order valence-corrected chi connectivity index (χ2v) is 4.66. The van der Waals surface area contributed by atoms with Crippen LogP contribution in [-0.4, -0.2) is 39.7 Å². The van der Waals surface area contributed by atoms with Crippen molar-refractivity contribution in [2.45, 2.75) is 19.8 Å². The van der Waals surface area contributed by atoms with Crippen LogP contribution in [0.15, 0.2) is 12.3 Å². The Morgan fingerprint density at radius 3 is 2.71 bits per heavy atom. The average Bonchev–Trinajstić information content (AvgIpc) is 2.41. The van der Waals surface area contributed by atoms with Gasteiger partial charge in [-0.3, -0.25) is 19.7 Å². The second kappa shape index (κ2) is 7.53. The number of carbonyl (C=O) groups excluding carboxylic acids is 2. The summed E-state index contributed by atoms with van der Waals surface area (Å²) < 4.78 is 0. The number of hydrogen-bond donors (Lipinski definition) is 1. The Morgan fingerprint density at radius 2 is 2.19 bits per heavy atom. The number of carbonyl (C=O) groups is 2. The Bertz CT molecular complexity index is 564. The van der Waals surface area contributed by atoms with Crippen LogP contribution in [-0.2, 0) is 4.79 Å². The number of aromatic nitrogens is 1. The van der Waals surface area contributed by atoms with Gasteiger partial charge in [0.2, 0.25) is 11.1 Å². The van der Waals surface area contributed by atoms with Gasteiger partial charge in [0.15, 0.2) is 0 Å². The molecule has 9 heteroatoms. The van der Waals surface area contributed by atoms with Gasteiger partial charge in [-0.1, -0.05) is 24.9 Å². The van der Waals surface area contributed by atoms with Crippen molar-refractivity contribution in [1.82, 2.24) is 9.88 Å². The molecule has 114 valence electrons. The summed E-state index contributed by atoms with van der Waals surface area (Å²) in [4.78, 5) is 38.5. The molecule has 1 aromatic rings. The van der Waals surface area contributed by atoms with E-state index in [9.17, 15) is 19.7 Å². The van der Waals surface area contributed by atoms with E-state index in [-0.39, 0.29) is 23.8 Å². The lowest BCUT2D eigenvalue weighted by Crippen LogP contribution is -2.39. The molecule has 0 radical (unpaired) electrons. The smallest absolute Gasteiger partial charge is 0.319 e. The standard InChI is InChI=1S/C12H15ClN4O4/c1-2-3-6-16(7-9(14)18)12(19)8-4-5-15-11(13)10(8)17(20)21/h4-5H,2-3,6-7H2,1H3,(H2,14,18). The van der Waals surface area contributed by atoms with Gasteiger partial charge in [-0.25, -0.2) is 4.98 Å². The summed E-state index contributed by atoms with van der Waals surface area (Å²) in [6.45, 7) is 1.88. The molecule has 2 N–H and O–H groups in total. The molecule has 0 bridgehead atoms. The van der Waals surface area contributed by atoms with E-state index < -0.39 is 22.4 Å². The topological polar surface area (TPSA) is 119 Å². The number of amides is 2. The molecule has 0 spiro atoms. The second-order valence-electron chi connectivity index (χ2n) is 4.30. The van der Waals surface area contributed by atoms with E-state index in [1.165, 1.54) is 17.2 Å². The van der Waals surface area contributed by atoms with E-state index in [1.54, 1.807) is 0 Å². The molecule has 0 aliphatic carbocycles. The van der Waals surface area contributed by atoms with E-state index in [1.807, 2.05) is 6.92 Å². The summed E-state index contributed by atoms with van der Waals surface area (Å²) in [7, 11) is 0. The number of unbranched alkanes of at least 4 members (excludes halogenated alkanes) is 1. The molecule has 0 atom stereocenters. The van der Waals surface area contributed by atoms with Gasteiger partial charge >= 0.3 is 5.69 Å². The Hall–Kier alpha value is -2.22. The van der Waals surface area contributed by atoms with E-state index in [2.05, 4.69) is 4.98 Å². The van der Waals surface area contributed by atoms with Crippen LogP contribution in [0.1, 0.15) is 30.1 Å². The third-order valence-electron chi connectivity index (χ3n) is 2.71. The lowest BCUT2D eigenvalue weighted by molar-refractivity contribution is -0.385. The number of pyridine rings is 1. The van der Waals surface area contributed by atoms with Gasteiger partial charge in [-0.05, 0) is 12.5 Å². The van der Waals surface area contributed by atoms with Crippen molar-refractivity contribution >= 4 is 29.1 Å². The lowest BCUT2D eigenvalue weighted by Gasteiger charge is -2.20. The van der Waals surface area contributed by atoms with Gasteiger partial charge in [0.05, 0.1) is 11.5 Å². The Labute approximate surface area is 126 Å². The van der Waals surface area contributed by atoms with Gasteiger partial charge in [0.1, 0.15) is 5.56 Å². The molecular weight excluding hydrogens is 300 g/mol. The summed E-state index contributed by atoms with van der Waals surface area (Å²) in [5, 5.41) is 10.6. The van der Waals surface area contributed by atoms with E-state index in [0.717, 1.165) is 6.42 Å². The Morgan fingerprint density at radius 1 is 1.52 bits per heavy atom. The Kier molecular flexibility index (Phi) is 6.04. The predicted octanol–water partition coefficient (Wildman–Crippen LogP) is 1.37. The van der Waals surface area contributed by atoms with Gasteiger partial charge in [0.25, 0.3) is 5.91 Å². The van der Waals surface area contributed by atoms with E-state index in [4.69, 9.17) is 17.3 Å². The van der Waals surface area contributed by atoms with Crippen LogP contribution in [0.5, 0.6) is 0 Å². The van der Waals surface area contributed by atoms with Crippen LogP contribution in [0.2, 0.25) is 5.15 Å². The Balaban J connectivity index is 3.16. The van der Waals surface area contributed by atoms with Crippen molar-refractivity contribution < 1.29 is 14.5 Å². The monoisotopic (exact) mass is 314 g/mol.